The number of rotatable bonds is 7. The van der Waals surface area contributed by atoms with Gasteiger partial charge in [-0.25, -0.2) is 4.39 Å². The number of amides is 1. The smallest absolute Gasteiger partial charge is 0.269 e. The maximum Gasteiger partial charge on any atom is 0.269 e. The molecule has 1 aliphatic heterocycles. The Balaban J connectivity index is 1.69. The van der Waals surface area contributed by atoms with E-state index in [0.717, 1.165) is 19.6 Å². The number of nitrogens with one attached hydrogen (secondary N) is 1. The zero-order valence-electron chi connectivity index (χ0n) is 16.0. The molecule has 7 heteroatoms. The molecule has 0 unspecified atom stereocenters. The maximum absolute atomic E-state index is 14.3. The summed E-state index contributed by atoms with van der Waals surface area (Å²) < 4.78 is 21.0. The predicted octanol–water partition coefficient (Wildman–Crippen LogP) is 2.93. The highest BCUT2D eigenvalue weighted by molar-refractivity contribution is 5.93. The number of piperidine rings is 1. The number of benzene rings is 1. The standard InChI is InChI=1S/C20H27FN4O2/c1-3-25-19(20(26)22-9-12-24-10-5-4-6-11-24)14-18(23-25)16-8-7-15(27-2)13-17(16)21/h7-8,13-14H,3-6,9-12H2,1-2H3,(H,22,26). The molecule has 1 fully saturated rings. The molecule has 0 atom stereocenters. The van der Waals surface area contributed by atoms with Crippen molar-refractivity contribution in [1.29, 1.82) is 0 Å². The molecule has 27 heavy (non-hydrogen) atoms. The third-order valence-corrected chi connectivity index (χ3v) is 4.93. The van der Waals surface area contributed by atoms with Crippen molar-refractivity contribution in [1.82, 2.24) is 20.0 Å². The Hall–Kier alpha value is -2.41. The fraction of sp³-hybridized carbons (Fsp3) is 0.500. The van der Waals surface area contributed by atoms with E-state index in [-0.39, 0.29) is 5.91 Å². The molecule has 1 aromatic heterocycles. The van der Waals surface area contributed by atoms with Gasteiger partial charge in [-0.15, -0.1) is 0 Å². The molecule has 1 amide bonds. The average Bonchev–Trinajstić information content (AvgIpc) is 3.13. The van der Waals surface area contributed by atoms with Gasteiger partial charge in [0, 0.05) is 31.3 Å². The van der Waals surface area contributed by atoms with Crippen LogP contribution in [0.1, 0.15) is 36.7 Å². The fourth-order valence-corrected chi connectivity index (χ4v) is 3.40. The van der Waals surface area contributed by atoms with Crippen LogP contribution >= 0.6 is 0 Å². The number of likely N-dealkylation sites (tertiary alicyclic amines) is 1. The van der Waals surface area contributed by atoms with Crippen LogP contribution in [0.5, 0.6) is 5.75 Å². The number of ether oxygens (including phenoxy) is 1. The van der Waals surface area contributed by atoms with E-state index >= 15 is 0 Å². The highest BCUT2D eigenvalue weighted by Gasteiger charge is 2.18. The molecule has 0 aliphatic carbocycles. The topological polar surface area (TPSA) is 59.4 Å². The van der Waals surface area contributed by atoms with Crippen LogP contribution in [0.4, 0.5) is 4.39 Å². The second kappa shape index (κ2) is 8.99. The molecule has 6 nitrogen and oxygen atoms in total. The van der Waals surface area contributed by atoms with Gasteiger partial charge in [0.1, 0.15) is 17.3 Å². The third-order valence-electron chi connectivity index (χ3n) is 4.93. The van der Waals surface area contributed by atoms with E-state index in [1.807, 2.05) is 6.92 Å². The zero-order chi connectivity index (χ0) is 19.2. The van der Waals surface area contributed by atoms with Crippen molar-refractivity contribution in [2.75, 3.05) is 33.3 Å². The van der Waals surface area contributed by atoms with Gasteiger partial charge in [0.2, 0.25) is 0 Å². The van der Waals surface area contributed by atoms with E-state index in [2.05, 4.69) is 15.3 Å². The van der Waals surface area contributed by atoms with Gasteiger partial charge >= 0.3 is 0 Å². The number of halogens is 1. The Bertz CT molecular complexity index is 784. The van der Waals surface area contributed by atoms with Gasteiger partial charge in [-0.1, -0.05) is 6.42 Å². The van der Waals surface area contributed by atoms with E-state index in [4.69, 9.17) is 4.74 Å². The van der Waals surface area contributed by atoms with Crippen LogP contribution in [0, 0.1) is 5.82 Å². The molecule has 0 spiro atoms. The zero-order valence-corrected chi connectivity index (χ0v) is 16.0. The monoisotopic (exact) mass is 374 g/mol. The molecule has 2 heterocycles. The van der Waals surface area contributed by atoms with Crippen LogP contribution < -0.4 is 10.1 Å². The summed E-state index contributed by atoms with van der Waals surface area (Å²) in [6.45, 7) is 6.09. The van der Waals surface area contributed by atoms with E-state index in [1.165, 1.54) is 32.4 Å². The Kier molecular flexibility index (Phi) is 6.45. The summed E-state index contributed by atoms with van der Waals surface area (Å²) in [7, 11) is 1.49. The highest BCUT2D eigenvalue weighted by atomic mass is 19.1. The Morgan fingerprint density at radius 1 is 1.26 bits per heavy atom. The van der Waals surface area contributed by atoms with Gasteiger partial charge in [0.05, 0.1) is 12.8 Å². The van der Waals surface area contributed by atoms with Gasteiger partial charge < -0.3 is 15.0 Å². The molecule has 0 radical (unpaired) electrons. The number of hydrogen-bond donors (Lipinski definition) is 1. The van der Waals surface area contributed by atoms with Crippen molar-refractivity contribution >= 4 is 5.91 Å². The molecule has 1 N–H and O–H groups in total. The van der Waals surface area contributed by atoms with Crippen LogP contribution in [-0.2, 0) is 6.54 Å². The molecular formula is C20H27FN4O2. The minimum atomic E-state index is -0.424. The first-order chi connectivity index (χ1) is 13.1. The van der Waals surface area contributed by atoms with E-state index in [0.29, 0.717) is 35.8 Å². The predicted molar refractivity (Wildman–Crippen MR) is 102 cm³/mol. The summed E-state index contributed by atoms with van der Waals surface area (Å²) in [4.78, 5) is 15.0. The summed E-state index contributed by atoms with van der Waals surface area (Å²) in [5.41, 5.74) is 1.24. The first kappa shape index (κ1) is 19.4. The van der Waals surface area contributed by atoms with Crippen molar-refractivity contribution in [2.24, 2.45) is 0 Å². The number of carbonyl (C=O) groups excluding carboxylic acids is 1. The molecule has 0 saturated carbocycles. The number of nitrogens with zero attached hydrogens (tertiary/aromatic N) is 3. The van der Waals surface area contributed by atoms with Crippen molar-refractivity contribution in [3.63, 3.8) is 0 Å². The second-order valence-corrected chi connectivity index (χ2v) is 6.73. The lowest BCUT2D eigenvalue weighted by molar-refractivity contribution is 0.0936. The van der Waals surface area contributed by atoms with E-state index in [9.17, 15) is 9.18 Å². The van der Waals surface area contributed by atoms with Gasteiger partial charge in [-0.05, 0) is 51.1 Å². The normalized spacial score (nSPS) is 14.9. The van der Waals surface area contributed by atoms with Gasteiger partial charge in [-0.2, -0.15) is 5.10 Å². The van der Waals surface area contributed by atoms with Crippen LogP contribution in [0.3, 0.4) is 0 Å². The largest absolute Gasteiger partial charge is 0.497 e. The highest BCUT2D eigenvalue weighted by Crippen LogP contribution is 2.26. The molecule has 1 aliphatic rings. The minimum absolute atomic E-state index is 0.179. The lowest BCUT2D eigenvalue weighted by Crippen LogP contribution is -2.38. The summed E-state index contributed by atoms with van der Waals surface area (Å²) >= 11 is 0. The Labute approximate surface area is 159 Å². The lowest BCUT2D eigenvalue weighted by atomic mass is 10.1. The number of carbonyl (C=O) groups is 1. The fourth-order valence-electron chi connectivity index (χ4n) is 3.40. The number of aromatic nitrogens is 2. The summed E-state index contributed by atoms with van der Waals surface area (Å²) in [5, 5.41) is 7.36. The average molecular weight is 374 g/mol. The first-order valence-electron chi connectivity index (χ1n) is 9.54. The third kappa shape index (κ3) is 4.66. The molecule has 1 aromatic carbocycles. The summed E-state index contributed by atoms with van der Waals surface area (Å²) in [6, 6.07) is 6.26. The Morgan fingerprint density at radius 3 is 2.70 bits per heavy atom. The molecular weight excluding hydrogens is 347 g/mol. The molecule has 1 saturated heterocycles. The van der Waals surface area contributed by atoms with Crippen LogP contribution in [0.2, 0.25) is 0 Å². The number of hydrogen-bond acceptors (Lipinski definition) is 4. The van der Waals surface area contributed by atoms with Gasteiger partial charge in [0.15, 0.2) is 0 Å². The van der Waals surface area contributed by atoms with Gasteiger partial charge in [0.25, 0.3) is 5.91 Å². The van der Waals surface area contributed by atoms with Crippen molar-refractivity contribution < 1.29 is 13.9 Å². The minimum Gasteiger partial charge on any atom is -0.497 e. The van der Waals surface area contributed by atoms with E-state index in [1.54, 1.807) is 22.9 Å². The Morgan fingerprint density at radius 2 is 2.04 bits per heavy atom. The summed E-state index contributed by atoms with van der Waals surface area (Å²) in [5.74, 6) is -0.157. The lowest BCUT2D eigenvalue weighted by Gasteiger charge is -2.26. The molecule has 0 bridgehead atoms. The number of methoxy groups -OCH3 is 1. The van der Waals surface area contributed by atoms with Crippen LogP contribution in [-0.4, -0.2) is 53.9 Å². The van der Waals surface area contributed by atoms with Crippen LogP contribution in [0.15, 0.2) is 24.3 Å². The first-order valence-corrected chi connectivity index (χ1v) is 9.54. The van der Waals surface area contributed by atoms with Gasteiger partial charge in [-0.3, -0.25) is 9.48 Å². The SMILES string of the molecule is CCn1nc(-c2ccc(OC)cc2F)cc1C(=O)NCCN1CCCCC1. The summed E-state index contributed by atoms with van der Waals surface area (Å²) in [6.07, 6.45) is 3.75. The maximum atomic E-state index is 14.3. The molecule has 146 valence electrons. The van der Waals surface area contributed by atoms with Crippen LogP contribution in [0.25, 0.3) is 11.3 Å². The molecule has 3 rings (SSSR count). The molecule has 2 aromatic rings. The van der Waals surface area contributed by atoms with E-state index < -0.39 is 5.82 Å². The second-order valence-electron chi connectivity index (χ2n) is 6.73. The van der Waals surface area contributed by atoms with Crippen molar-refractivity contribution in [3.8, 4) is 17.0 Å². The van der Waals surface area contributed by atoms with Crippen molar-refractivity contribution in [2.45, 2.75) is 32.7 Å². The number of aryl methyl sites for hydroxylation is 1. The van der Waals surface area contributed by atoms with Crippen molar-refractivity contribution in [3.05, 3.63) is 35.8 Å². The quantitative estimate of drug-likeness (QED) is 0.810.